The van der Waals surface area contributed by atoms with Crippen molar-refractivity contribution >= 4 is 20.3 Å². The van der Waals surface area contributed by atoms with E-state index in [-0.39, 0.29) is 23.8 Å². The first kappa shape index (κ1) is 27.5. The minimum Gasteiger partial charge on any atom is -0.507 e. The summed E-state index contributed by atoms with van der Waals surface area (Å²) in [5.74, 6) is -1.06. The lowest BCUT2D eigenvalue weighted by atomic mass is 9.92. The van der Waals surface area contributed by atoms with E-state index < -0.39 is 31.7 Å². The summed E-state index contributed by atoms with van der Waals surface area (Å²) in [5, 5.41) is 22.0. The Morgan fingerprint density at radius 2 is 1.76 bits per heavy atom. The van der Waals surface area contributed by atoms with Gasteiger partial charge in [0.15, 0.2) is 0 Å². The van der Waals surface area contributed by atoms with E-state index >= 15 is 0 Å². The number of aromatic hydroxyl groups is 1. The van der Waals surface area contributed by atoms with Gasteiger partial charge in [-0.05, 0) is 86.1 Å². The molecule has 3 N–H and O–H groups in total. The van der Waals surface area contributed by atoms with E-state index in [2.05, 4.69) is 5.32 Å². The summed E-state index contributed by atoms with van der Waals surface area (Å²) in [6.45, 7) is 11.2. The molecule has 3 atom stereocenters. The van der Waals surface area contributed by atoms with Crippen molar-refractivity contribution in [3.63, 3.8) is 0 Å². The van der Waals surface area contributed by atoms with E-state index in [9.17, 15) is 24.4 Å². The average Bonchev–Trinajstić information content (AvgIpc) is 2.76. The quantitative estimate of drug-likeness (QED) is 0.335. The van der Waals surface area contributed by atoms with Crippen molar-refractivity contribution in [1.82, 2.24) is 5.32 Å². The standard InChI is InChI=1S/C26H34NO6P/c1-7-33-25(30)22(10-15(2)3)27-24(29)21-14-18(8-9-23(21)28)13-20-16(4)11-19(12-17(20)5)26(6,31)34-32/h8-9,11-12,14-15,22,28,31H,7,10,13H2,1-6H3,(H,27,29)/p+1/t22-,26?/m1/s1. The predicted octanol–water partition coefficient (Wildman–Crippen LogP) is 4.50. The fraction of sp³-hybridized carbons (Fsp3) is 0.462. The van der Waals surface area contributed by atoms with Crippen molar-refractivity contribution < 1.29 is 29.1 Å². The number of ether oxygens (including phenoxy) is 1. The number of phenolic OH excluding ortho intramolecular Hbond substituents is 1. The topological polar surface area (TPSA) is 113 Å². The molecule has 34 heavy (non-hydrogen) atoms. The molecule has 0 fully saturated rings. The Labute approximate surface area is 202 Å². The molecule has 0 spiro atoms. The van der Waals surface area contributed by atoms with Crippen LogP contribution in [-0.4, -0.2) is 34.7 Å². The molecule has 0 aliphatic carbocycles. The van der Waals surface area contributed by atoms with E-state index in [1.807, 2.05) is 39.8 Å². The van der Waals surface area contributed by atoms with Gasteiger partial charge in [0.2, 0.25) is 0 Å². The van der Waals surface area contributed by atoms with Gasteiger partial charge in [-0.1, -0.05) is 24.5 Å². The Morgan fingerprint density at radius 1 is 1.15 bits per heavy atom. The van der Waals surface area contributed by atoms with Gasteiger partial charge in [-0.15, -0.1) is 0 Å². The second kappa shape index (κ2) is 11.6. The number of benzene rings is 2. The van der Waals surface area contributed by atoms with Crippen LogP contribution in [0.2, 0.25) is 0 Å². The molecule has 8 heteroatoms. The van der Waals surface area contributed by atoms with Gasteiger partial charge in [0.1, 0.15) is 11.8 Å². The number of hydrogen-bond donors (Lipinski definition) is 3. The van der Waals surface area contributed by atoms with Crippen LogP contribution in [0.15, 0.2) is 30.3 Å². The number of esters is 1. The molecule has 2 unspecified atom stereocenters. The molecule has 1 amide bonds. The monoisotopic (exact) mass is 488 g/mol. The van der Waals surface area contributed by atoms with E-state index in [0.29, 0.717) is 18.4 Å². The lowest BCUT2D eigenvalue weighted by molar-refractivity contribution is -0.145. The van der Waals surface area contributed by atoms with Gasteiger partial charge >= 0.3 is 14.4 Å². The first-order chi connectivity index (χ1) is 15.9. The SMILES string of the molecule is CCOC(=O)[C@@H](CC(C)C)NC(=O)c1cc(Cc2c(C)cc(C(C)(O)[PH+]=O)cc2C)ccc1O. The minimum atomic E-state index is -1.41. The maximum absolute atomic E-state index is 13.0. The summed E-state index contributed by atoms with van der Waals surface area (Å²) in [7, 11) is -0.887. The molecule has 0 aromatic heterocycles. The summed E-state index contributed by atoms with van der Waals surface area (Å²) >= 11 is 0. The molecule has 2 rings (SSSR count). The maximum atomic E-state index is 13.0. The summed E-state index contributed by atoms with van der Waals surface area (Å²) in [5.41, 5.74) is 4.32. The molecule has 0 saturated carbocycles. The molecular formula is C26H35NO6P+. The van der Waals surface area contributed by atoms with Crippen LogP contribution in [0.1, 0.15) is 72.3 Å². The van der Waals surface area contributed by atoms with Gasteiger partial charge in [-0.25, -0.2) is 4.79 Å². The van der Waals surface area contributed by atoms with Crippen LogP contribution in [0, 0.1) is 19.8 Å². The number of hydrogen-bond acceptors (Lipinski definition) is 6. The number of aryl methyl sites for hydroxylation is 2. The Morgan fingerprint density at radius 3 is 2.29 bits per heavy atom. The van der Waals surface area contributed by atoms with Gasteiger partial charge < -0.3 is 20.3 Å². The van der Waals surface area contributed by atoms with Crippen LogP contribution in [0.4, 0.5) is 0 Å². The lowest BCUT2D eigenvalue weighted by Crippen LogP contribution is -2.42. The van der Waals surface area contributed by atoms with Gasteiger partial charge in [-0.2, -0.15) is 0 Å². The predicted molar refractivity (Wildman–Crippen MR) is 133 cm³/mol. The highest BCUT2D eigenvalue weighted by Gasteiger charge is 2.32. The molecule has 7 nitrogen and oxygen atoms in total. The van der Waals surface area contributed by atoms with Gasteiger partial charge in [0.25, 0.3) is 11.2 Å². The Bertz CT molecular complexity index is 1040. The van der Waals surface area contributed by atoms with E-state index in [4.69, 9.17) is 4.74 Å². The Hall–Kier alpha value is -2.76. The molecule has 0 radical (unpaired) electrons. The fourth-order valence-electron chi connectivity index (χ4n) is 3.86. The second-order valence-corrected chi connectivity index (χ2v) is 10.4. The first-order valence-corrected chi connectivity index (χ1v) is 12.3. The molecule has 0 aliphatic rings. The molecule has 184 valence electrons. The third-order valence-corrected chi connectivity index (χ3v) is 6.41. The summed E-state index contributed by atoms with van der Waals surface area (Å²) in [6, 6.07) is 7.65. The number of rotatable bonds is 10. The van der Waals surface area contributed by atoms with Crippen molar-refractivity contribution in [2.45, 2.75) is 65.8 Å². The Balaban J connectivity index is 2.32. The third-order valence-electron chi connectivity index (χ3n) is 5.73. The third kappa shape index (κ3) is 6.87. The fourth-order valence-corrected chi connectivity index (χ4v) is 4.12. The highest BCUT2D eigenvalue weighted by Crippen LogP contribution is 2.34. The summed E-state index contributed by atoms with van der Waals surface area (Å²) in [4.78, 5) is 25.3. The zero-order valence-corrected chi connectivity index (χ0v) is 21.7. The summed E-state index contributed by atoms with van der Waals surface area (Å²) in [6.07, 6.45) is 0.914. The van der Waals surface area contributed by atoms with E-state index in [0.717, 1.165) is 22.3 Å². The molecule has 0 saturated heterocycles. The minimum absolute atomic E-state index is 0.0815. The number of nitrogens with one attached hydrogen (secondary N) is 1. The highest BCUT2D eigenvalue weighted by molar-refractivity contribution is 7.25. The summed E-state index contributed by atoms with van der Waals surface area (Å²) < 4.78 is 16.5. The number of aliphatic hydroxyl groups is 1. The van der Waals surface area contributed by atoms with Crippen LogP contribution >= 0.6 is 8.46 Å². The number of phenols is 1. The molecule has 2 aromatic carbocycles. The smallest absolute Gasteiger partial charge is 0.364 e. The zero-order valence-electron chi connectivity index (χ0n) is 20.7. The zero-order chi connectivity index (χ0) is 25.6. The van der Waals surface area contributed by atoms with Crippen molar-refractivity contribution in [3.05, 3.63) is 63.7 Å². The number of amides is 1. The number of carbonyl (C=O) groups is 2. The van der Waals surface area contributed by atoms with Crippen molar-refractivity contribution in [2.24, 2.45) is 5.92 Å². The highest BCUT2D eigenvalue weighted by atomic mass is 31.1. The van der Waals surface area contributed by atoms with Crippen LogP contribution < -0.4 is 5.32 Å². The average molecular weight is 489 g/mol. The van der Waals surface area contributed by atoms with Crippen LogP contribution in [0.3, 0.4) is 0 Å². The van der Waals surface area contributed by atoms with Crippen LogP contribution in [0.25, 0.3) is 0 Å². The molecule has 0 bridgehead atoms. The van der Waals surface area contributed by atoms with E-state index in [1.54, 1.807) is 19.1 Å². The second-order valence-electron chi connectivity index (χ2n) is 9.20. The molecule has 0 aliphatic heterocycles. The molecule has 2 aromatic rings. The molecular weight excluding hydrogens is 453 g/mol. The van der Waals surface area contributed by atoms with Gasteiger partial charge in [0.05, 0.1) is 12.2 Å². The van der Waals surface area contributed by atoms with Crippen LogP contribution in [-0.2, 0) is 25.9 Å². The van der Waals surface area contributed by atoms with Crippen molar-refractivity contribution in [3.8, 4) is 5.75 Å². The molecule has 0 heterocycles. The largest absolute Gasteiger partial charge is 0.507 e. The number of carbonyl (C=O) groups excluding carboxylic acids is 2. The van der Waals surface area contributed by atoms with Crippen LogP contribution in [0.5, 0.6) is 5.75 Å². The van der Waals surface area contributed by atoms with Crippen molar-refractivity contribution in [2.75, 3.05) is 6.61 Å². The first-order valence-electron chi connectivity index (χ1n) is 11.4. The van der Waals surface area contributed by atoms with Gasteiger partial charge in [-0.3, -0.25) is 4.79 Å². The Kier molecular flexibility index (Phi) is 9.37. The van der Waals surface area contributed by atoms with Gasteiger partial charge in [0, 0.05) is 12.5 Å². The van der Waals surface area contributed by atoms with E-state index in [1.165, 1.54) is 13.0 Å². The van der Waals surface area contributed by atoms with Crippen molar-refractivity contribution in [1.29, 1.82) is 0 Å². The lowest BCUT2D eigenvalue weighted by Gasteiger charge is -2.20. The normalized spacial score (nSPS) is 14.0. The maximum Gasteiger partial charge on any atom is 0.364 e.